The van der Waals surface area contributed by atoms with E-state index in [4.69, 9.17) is 9.84 Å². The van der Waals surface area contributed by atoms with E-state index in [0.717, 1.165) is 0 Å². The summed E-state index contributed by atoms with van der Waals surface area (Å²) in [5.41, 5.74) is -0.270. The molecule has 1 aromatic carbocycles. The maximum atomic E-state index is 11.8. The molecule has 0 aliphatic rings. The van der Waals surface area contributed by atoms with Crippen LogP contribution in [0, 0.1) is 0 Å². The molecule has 0 saturated heterocycles. The summed E-state index contributed by atoms with van der Waals surface area (Å²) < 4.78 is 5.10. The maximum Gasteiger partial charge on any atom is 0.325 e. The van der Waals surface area contributed by atoms with Crippen LogP contribution < -0.4 is 0 Å². The molecular weight excluding hydrogens is 220 g/mol. The van der Waals surface area contributed by atoms with Gasteiger partial charge in [0.2, 0.25) is 0 Å². The molecule has 0 bridgehead atoms. The van der Waals surface area contributed by atoms with Crippen molar-refractivity contribution in [1.82, 2.24) is 0 Å². The van der Waals surface area contributed by atoms with Crippen LogP contribution in [0.2, 0.25) is 0 Å². The molecule has 0 radical (unpaired) electrons. The van der Waals surface area contributed by atoms with Crippen LogP contribution in [-0.2, 0) is 14.3 Å². The number of carbonyl (C=O) groups is 2. The topological polar surface area (TPSA) is 63.6 Å². The largest absolute Gasteiger partial charge is 0.480 e. The fourth-order valence-electron chi connectivity index (χ4n) is 1.39. The fourth-order valence-corrected chi connectivity index (χ4v) is 1.39. The van der Waals surface area contributed by atoms with Gasteiger partial charge in [0.25, 0.3) is 0 Å². The van der Waals surface area contributed by atoms with E-state index in [9.17, 15) is 9.59 Å². The van der Waals surface area contributed by atoms with Gasteiger partial charge in [-0.2, -0.15) is 0 Å². The number of ether oxygens (including phenoxy) is 1. The van der Waals surface area contributed by atoms with E-state index in [1.54, 1.807) is 51.1 Å². The number of rotatable bonds is 3. The van der Waals surface area contributed by atoms with Gasteiger partial charge in [0.05, 0.1) is 0 Å². The SMILES string of the molecule is CC(C)(C)OC(=O)C(C(=O)O)c1ccccc1. The second kappa shape index (κ2) is 4.99. The van der Waals surface area contributed by atoms with Crippen LogP contribution >= 0.6 is 0 Å². The summed E-state index contributed by atoms with van der Waals surface area (Å²) in [4.78, 5) is 22.9. The van der Waals surface area contributed by atoms with E-state index in [-0.39, 0.29) is 0 Å². The van der Waals surface area contributed by atoms with Gasteiger partial charge in [-0.25, -0.2) is 0 Å². The normalized spacial score (nSPS) is 12.9. The summed E-state index contributed by atoms with van der Waals surface area (Å²) in [6.07, 6.45) is 0. The lowest BCUT2D eigenvalue weighted by atomic mass is 9.99. The molecule has 0 aliphatic carbocycles. The summed E-state index contributed by atoms with van der Waals surface area (Å²) in [5.74, 6) is -3.21. The minimum atomic E-state index is -1.27. The van der Waals surface area contributed by atoms with Crippen LogP contribution in [0.3, 0.4) is 0 Å². The summed E-state index contributed by atoms with van der Waals surface area (Å²) in [6.45, 7) is 5.11. The van der Waals surface area contributed by atoms with Gasteiger partial charge in [0.1, 0.15) is 5.60 Å². The molecule has 4 nitrogen and oxygen atoms in total. The zero-order valence-electron chi connectivity index (χ0n) is 10.1. The first-order valence-corrected chi connectivity index (χ1v) is 5.32. The Morgan fingerprint density at radius 3 is 2.12 bits per heavy atom. The number of benzene rings is 1. The highest BCUT2D eigenvalue weighted by atomic mass is 16.6. The Morgan fingerprint density at radius 1 is 1.18 bits per heavy atom. The highest BCUT2D eigenvalue weighted by molar-refractivity contribution is 6.00. The predicted octanol–water partition coefficient (Wildman–Crippen LogP) is 2.20. The average molecular weight is 236 g/mol. The van der Waals surface area contributed by atoms with Crippen molar-refractivity contribution in [2.75, 3.05) is 0 Å². The van der Waals surface area contributed by atoms with Gasteiger partial charge < -0.3 is 9.84 Å². The molecule has 92 valence electrons. The Balaban J connectivity index is 2.96. The first-order valence-electron chi connectivity index (χ1n) is 5.32. The van der Waals surface area contributed by atoms with Gasteiger partial charge in [-0.05, 0) is 26.3 Å². The fraction of sp³-hybridized carbons (Fsp3) is 0.385. The second-order valence-corrected chi connectivity index (χ2v) is 4.72. The van der Waals surface area contributed by atoms with Crippen LogP contribution in [0.25, 0.3) is 0 Å². The monoisotopic (exact) mass is 236 g/mol. The standard InChI is InChI=1S/C13H16O4/c1-13(2,3)17-12(16)10(11(14)15)9-7-5-4-6-8-9/h4-8,10H,1-3H3,(H,14,15). The Hall–Kier alpha value is -1.84. The number of hydrogen-bond acceptors (Lipinski definition) is 3. The lowest BCUT2D eigenvalue weighted by Crippen LogP contribution is -2.31. The van der Waals surface area contributed by atoms with Gasteiger partial charge in [-0.3, -0.25) is 9.59 Å². The first kappa shape index (κ1) is 13.2. The van der Waals surface area contributed by atoms with Gasteiger partial charge >= 0.3 is 11.9 Å². The highest BCUT2D eigenvalue weighted by Gasteiger charge is 2.32. The summed E-state index contributed by atoms with van der Waals surface area (Å²) in [6, 6.07) is 8.34. The van der Waals surface area contributed by atoms with Crippen LogP contribution in [0.15, 0.2) is 30.3 Å². The zero-order valence-corrected chi connectivity index (χ0v) is 10.1. The van der Waals surface area contributed by atoms with E-state index in [2.05, 4.69) is 0 Å². The van der Waals surface area contributed by atoms with Gasteiger partial charge in [0, 0.05) is 0 Å². The molecule has 17 heavy (non-hydrogen) atoms. The average Bonchev–Trinajstić information content (AvgIpc) is 2.15. The van der Waals surface area contributed by atoms with Crippen LogP contribution in [0.5, 0.6) is 0 Å². The summed E-state index contributed by atoms with van der Waals surface area (Å²) in [7, 11) is 0. The third-order valence-electron chi connectivity index (χ3n) is 2.02. The number of carboxylic acids is 1. The minimum absolute atomic E-state index is 0.425. The lowest BCUT2D eigenvalue weighted by molar-refractivity contribution is -0.162. The molecule has 0 aromatic heterocycles. The Morgan fingerprint density at radius 2 is 1.71 bits per heavy atom. The number of hydrogen-bond donors (Lipinski definition) is 1. The van der Waals surface area contributed by atoms with Crippen LogP contribution in [0.1, 0.15) is 32.3 Å². The van der Waals surface area contributed by atoms with Crippen molar-refractivity contribution in [2.45, 2.75) is 32.3 Å². The second-order valence-electron chi connectivity index (χ2n) is 4.72. The molecule has 0 heterocycles. The molecule has 1 atom stereocenters. The number of carbonyl (C=O) groups excluding carboxylic acids is 1. The molecule has 1 unspecified atom stereocenters. The van der Waals surface area contributed by atoms with Crippen molar-refractivity contribution in [2.24, 2.45) is 0 Å². The molecule has 1 aromatic rings. The van der Waals surface area contributed by atoms with Gasteiger partial charge in [-0.1, -0.05) is 30.3 Å². The first-order chi connectivity index (χ1) is 7.81. The molecule has 1 N–H and O–H groups in total. The highest BCUT2D eigenvalue weighted by Crippen LogP contribution is 2.20. The Kier molecular flexibility index (Phi) is 3.89. The lowest BCUT2D eigenvalue weighted by Gasteiger charge is -2.22. The molecule has 0 fully saturated rings. The summed E-state index contributed by atoms with van der Waals surface area (Å²) >= 11 is 0. The minimum Gasteiger partial charge on any atom is -0.480 e. The molecule has 1 rings (SSSR count). The molecule has 0 spiro atoms. The Labute approximate surface area is 100 Å². The van der Waals surface area contributed by atoms with E-state index >= 15 is 0 Å². The zero-order chi connectivity index (χ0) is 13.1. The van der Waals surface area contributed by atoms with Crippen molar-refractivity contribution in [3.8, 4) is 0 Å². The molecule has 4 heteroatoms. The number of aliphatic carboxylic acids is 1. The predicted molar refractivity (Wildman–Crippen MR) is 62.7 cm³/mol. The van der Waals surface area contributed by atoms with E-state index in [1.165, 1.54) is 0 Å². The molecule has 0 saturated carbocycles. The molecular formula is C13H16O4. The van der Waals surface area contributed by atoms with Crippen molar-refractivity contribution in [1.29, 1.82) is 0 Å². The third kappa shape index (κ3) is 3.90. The molecule has 0 amide bonds. The van der Waals surface area contributed by atoms with Crippen molar-refractivity contribution < 1.29 is 19.4 Å². The van der Waals surface area contributed by atoms with E-state index in [1.807, 2.05) is 0 Å². The summed E-state index contributed by atoms with van der Waals surface area (Å²) in [5, 5.41) is 9.09. The maximum absolute atomic E-state index is 11.8. The van der Waals surface area contributed by atoms with Gasteiger partial charge in [0.15, 0.2) is 5.92 Å². The van der Waals surface area contributed by atoms with Crippen LogP contribution in [0.4, 0.5) is 0 Å². The smallest absolute Gasteiger partial charge is 0.325 e. The quantitative estimate of drug-likeness (QED) is 0.645. The van der Waals surface area contributed by atoms with Crippen molar-refractivity contribution in [3.05, 3.63) is 35.9 Å². The van der Waals surface area contributed by atoms with E-state index in [0.29, 0.717) is 5.56 Å². The Bertz CT molecular complexity index is 403. The third-order valence-corrected chi connectivity index (χ3v) is 2.02. The number of esters is 1. The van der Waals surface area contributed by atoms with Gasteiger partial charge in [-0.15, -0.1) is 0 Å². The van der Waals surface area contributed by atoms with Crippen LogP contribution in [-0.4, -0.2) is 22.6 Å². The van der Waals surface area contributed by atoms with Crippen molar-refractivity contribution >= 4 is 11.9 Å². The van der Waals surface area contributed by atoms with Crippen molar-refractivity contribution in [3.63, 3.8) is 0 Å². The molecule has 0 aliphatic heterocycles. The number of carboxylic acid groups (broad SMARTS) is 1. The van der Waals surface area contributed by atoms with E-state index < -0.39 is 23.5 Å².